The smallest absolute Gasteiger partial charge is 0.481 e. The number of amides is 1. The first-order chi connectivity index (χ1) is 23.1. The SMILES string of the molecule is O=C(O)CCC(=O)N1CCCCCC(F)(F)c2ccccc2C2=C(c3cccc(OC(F)(F)F)c3)C=CC(N2)NS(=O)(=O)c2cccc1n2. The van der Waals surface area contributed by atoms with Crippen LogP contribution in [0.3, 0.4) is 0 Å². The zero-order chi connectivity index (χ0) is 35.4. The number of ether oxygens (including phenoxy) is 1. The summed E-state index contributed by atoms with van der Waals surface area (Å²) in [5.74, 6) is -5.83. The maximum atomic E-state index is 16.0. The Hall–Kier alpha value is -4.83. The van der Waals surface area contributed by atoms with Crippen LogP contribution < -0.4 is 19.7 Å². The van der Waals surface area contributed by atoms with Gasteiger partial charge in [0.1, 0.15) is 17.7 Å². The van der Waals surface area contributed by atoms with E-state index in [2.05, 4.69) is 19.8 Å². The summed E-state index contributed by atoms with van der Waals surface area (Å²) in [6, 6.07) is 14.5. The number of halogens is 5. The van der Waals surface area contributed by atoms with E-state index in [4.69, 9.17) is 5.11 Å². The Balaban J connectivity index is 1.60. The largest absolute Gasteiger partial charge is 0.573 e. The molecule has 16 heteroatoms. The summed E-state index contributed by atoms with van der Waals surface area (Å²) in [7, 11) is -4.45. The molecule has 1 aromatic heterocycles. The van der Waals surface area contributed by atoms with Crippen molar-refractivity contribution in [3.05, 3.63) is 95.6 Å². The second-order valence-electron chi connectivity index (χ2n) is 11.3. The predicted octanol–water partition coefficient (Wildman–Crippen LogP) is 6.18. The van der Waals surface area contributed by atoms with Gasteiger partial charge in [-0.25, -0.2) is 22.2 Å². The van der Waals surface area contributed by atoms with E-state index in [1.165, 1.54) is 66.7 Å². The molecule has 0 radical (unpaired) electrons. The van der Waals surface area contributed by atoms with Crippen molar-refractivity contribution >= 4 is 39.0 Å². The van der Waals surface area contributed by atoms with Crippen molar-refractivity contribution < 1.29 is 49.8 Å². The number of fused-ring (bicyclic) bond motifs is 6. The summed E-state index contributed by atoms with van der Waals surface area (Å²) in [6.45, 7) is -0.0230. The molecular weight excluding hydrogens is 675 g/mol. The zero-order valence-electron chi connectivity index (χ0n) is 25.7. The third-order valence-electron chi connectivity index (χ3n) is 7.76. The van der Waals surface area contributed by atoms with Gasteiger partial charge in [0.15, 0.2) is 5.03 Å². The van der Waals surface area contributed by atoms with Crippen molar-refractivity contribution in [3.63, 3.8) is 0 Å². The number of anilines is 1. The summed E-state index contributed by atoms with van der Waals surface area (Å²) in [4.78, 5) is 29.5. The third-order valence-corrected chi connectivity index (χ3v) is 9.10. The number of allylic oxidation sites excluding steroid dienone is 2. The molecule has 3 heterocycles. The Morgan fingerprint density at radius 2 is 1.76 bits per heavy atom. The standard InChI is InChI=1S/C33H31F5N4O6S/c34-32(35)18-4-1-5-19-42(29(43)16-17-30(44)45)27-12-7-13-28(40-27)49(46,47)41-26-15-14-23(31(39-26)24-10-2-3-11-25(24)32)21-8-6-9-22(20-21)48-33(36,37)38/h2-3,6-15,20,26,39,41H,1,4-5,16-19H2,(H,44,45). The number of alkyl halides is 5. The topological polar surface area (TPSA) is 138 Å². The third kappa shape index (κ3) is 8.80. The fourth-order valence-electron chi connectivity index (χ4n) is 5.55. The highest BCUT2D eigenvalue weighted by Crippen LogP contribution is 2.41. The Morgan fingerprint density at radius 3 is 2.51 bits per heavy atom. The van der Waals surface area contributed by atoms with Gasteiger partial charge in [-0.3, -0.25) is 14.5 Å². The normalized spacial score (nSPS) is 19.3. The molecule has 0 fully saturated rings. The van der Waals surface area contributed by atoms with Gasteiger partial charge in [0.25, 0.3) is 15.9 Å². The quantitative estimate of drug-likeness (QED) is 0.268. The van der Waals surface area contributed by atoms with Gasteiger partial charge in [0.05, 0.1) is 12.1 Å². The molecule has 10 nitrogen and oxygen atoms in total. The molecule has 3 aromatic rings. The lowest BCUT2D eigenvalue weighted by molar-refractivity contribution is -0.274. The second kappa shape index (κ2) is 14.3. The molecular formula is C33H31F5N4O6S. The number of benzene rings is 2. The van der Waals surface area contributed by atoms with Gasteiger partial charge in [0.2, 0.25) is 5.91 Å². The number of carboxylic acid groups (broad SMARTS) is 1. The van der Waals surface area contributed by atoms with E-state index in [0.717, 1.165) is 17.0 Å². The van der Waals surface area contributed by atoms with Crippen LogP contribution in [0, 0.1) is 0 Å². The fraction of sp³-hybridized carbons (Fsp3) is 0.303. The molecule has 4 bridgehead atoms. The van der Waals surface area contributed by atoms with Crippen molar-refractivity contribution in [2.75, 3.05) is 11.4 Å². The number of carboxylic acids is 1. The van der Waals surface area contributed by atoms with Gasteiger partial charge in [-0.05, 0) is 48.7 Å². The number of sulfonamides is 1. The molecule has 0 spiro atoms. The molecule has 0 saturated carbocycles. The van der Waals surface area contributed by atoms with Crippen molar-refractivity contribution in [2.45, 2.75) is 62.0 Å². The van der Waals surface area contributed by atoms with E-state index < -0.39 is 69.5 Å². The summed E-state index contributed by atoms with van der Waals surface area (Å²) < 4.78 is 105. The molecule has 49 heavy (non-hydrogen) atoms. The van der Waals surface area contributed by atoms with Crippen molar-refractivity contribution in [1.82, 2.24) is 15.0 Å². The lowest BCUT2D eigenvalue weighted by Gasteiger charge is -2.29. The molecule has 1 amide bonds. The number of carbonyl (C=O) groups excluding carboxylic acids is 1. The average molecular weight is 707 g/mol. The lowest BCUT2D eigenvalue weighted by Crippen LogP contribution is -2.45. The van der Waals surface area contributed by atoms with E-state index in [1.807, 2.05) is 0 Å². The van der Waals surface area contributed by atoms with Crippen LogP contribution in [0.15, 0.2) is 83.9 Å². The molecule has 1 atom stereocenters. The van der Waals surface area contributed by atoms with Gasteiger partial charge in [-0.15, -0.1) is 13.2 Å². The van der Waals surface area contributed by atoms with Crippen molar-refractivity contribution in [2.24, 2.45) is 0 Å². The van der Waals surface area contributed by atoms with Gasteiger partial charge in [-0.1, -0.05) is 55.0 Å². The molecule has 2 aliphatic rings. The second-order valence-corrected chi connectivity index (χ2v) is 13.0. The number of carbonyl (C=O) groups is 2. The number of nitrogens with one attached hydrogen (secondary N) is 2. The number of pyridine rings is 1. The minimum atomic E-state index is -4.98. The van der Waals surface area contributed by atoms with Crippen LogP contribution in [0.25, 0.3) is 11.3 Å². The first kappa shape index (κ1) is 35.5. The summed E-state index contributed by atoms with van der Waals surface area (Å²) in [6.07, 6.45) is -4.42. The van der Waals surface area contributed by atoms with E-state index in [-0.39, 0.29) is 60.4 Å². The Kier molecular flexibility index (Phi) is 10.4. The first-order valence-electron chi connectivity index (χ1n) is 15.2. The molecule has 0 aliphatic carbocycles. The minimum absolute atomic E-state index is 0.00201. The van der Waals surface area contributed by atoms with Crippen molar-refractivity contribution in [1.29, 1.82) is 0 Å². The zero-order valence-corrected chi connectivity index (χ0v) is 26.5. The Bertz CT molecular complexity index is 1900. The molecule has 0 saturated heterocycles. The van der Waals surface area contributed by atoms with Gasteiger partial charge in [-0.2, -0.15) is 4.72 Å². The van der Waals surface area contributed by atoms with Gasteiger partial charge < -0.3 is 15.2 Å². The van der Waals surface area contributed by atoms with Crippen LogP contribution in [0.5, 0.6) is 5.75 Å². The van der Waals surface area contributed by atoms with Crippen LogP contribution in [0.4, 0.5) is 27.8 Å². The van der Waals surface area contributed by atoms with Gasteiger partial charge in [0, 0.05) is 36.1 Å². The molecule has 1 unspecified atom stereocenters. The molecule has 2 aliphatic heterocycles. The number of aliphatic carboxylic acids is 1. The highest BCUT2D eigenvalue weighted by atomic mass is 32.2. The van der Waals surface area contributed by atoms with E-state index in [1.54, 1.807) is 0 Å². The maximum absolute atomic E-state index is 16.0. The summed E-state index contributed by atoms with van der Waals surface area (Å²) in [5, 5.41) is 11.5. The van der Waals surface area contributed by atoms with Crippen LogP contribution >= 0.6 is 0 Å². The monoisotopic (exact) mass is 706 g/mol. The number of hydrogen-bond donors (Lipinski definition) is 3. The molecule has 3 N–H and O–H groups in total. The summed E-state index contributed by atoms with van der Waals surface area (Å²) in [5.41, 5.74) is -0.000807. The lowest BCUT2D eigenvalue weighted by atomic mass is 9.90. The maximum Gasteiger partial charge on any atom is 0.573 e. The van der Waals surface area contributed by atoms with Crippen LogP contribution in [-0.2, 0) is 25.5 Å². The highest BCUT2D eigenvalue weighted by Gasteiger charge is 2.36. The van der Waals surface area contributed by atoms with E-state index in [9.17, 15) is 31.2 Å². The number of dihydropyridines is 1. The fourth-order valence-corrected chi connectivity index (χ4v) is 6.61. The van der Waals surface area contributed by atoms with Crippen LogP contribution in [0.1, 0.15) is 55.2 Å². The number of rotatable bonds is 5. The minimum Gasteiger partial charge on any atom is -0.481 e. The molecule has 2 aromatic carbocycles. The van der Waals surface area contributed by atoms with Crippen LogP contribution in [-0.4, -0.2) is 49.5 Å². The first-order valence-corrected chi connectivity index (χ1v) is 16.7. The van der Waals surface area contributed by atoms with Crippen LogP contribution in [0.2, 0.25) is 0 Å². The van der Waals surface area contributed by atoms with E-state index >= 15 is 8.78 Å². The van der Waals surface area contributed by atoms with Gasteiger partial charge >= 0.3 is 12.3 Å². The number of nitrogens with zero attached hydrogens (tertiary/aromatic N) is 2. The van der Waals surface area contributed by atoms with Crippen molar-refractivity contribution in [3.8, 4) is 5.75 Å². The number of aromatic nitrogens is 1. The predicted molar refractivity (Wildman–Crippen MR) is 169 cm³/mol. The average Bonchev–Trinajstić information content (AvgIpc) is 3.04. The Labute approximate surface area is 278 Å². The number of hydrogen-bond acceptors (Lipinski definition) is 7. The Morgan fingerprint density at radius 1 is 1.00 bits per heavy atom. The van der Waals surface area contributed by atoms with E-state index in [0.29, 0.717) is 0 Å². The molecule has 260 valence electrons. The molecule has 5 rings (SSSR count). The highest BCUT2D eigenvalue weighted by molar-refractivity contribution is 7.89. The summed E-state index contributed by atoms with van der Waals surface area (Å²) >= 11 is 0.